The van der Waals surface area contributed by atoms with Crippen molar-refractivity contribution in [3.05, 3.63) is 46.9 Å². The molecule has 0 saturated carbocycles. The van der Waals surface area contributed by atoms with Gasteiger partial charge in [0.15, 0.2) is 5.78 Å². The van der Waals surface area contributed by atoms with Crippen LogP contribution < -0.4 is 0 Å². The Balaban J connectivity index is 2.04. The third kappa shape index (κ3) is 4.63. The standard InChI is InChI=1S/C23H28FNO3S/c1-5-29-11-10-28-22(27)19-14(2)25-17-12-23(3,4)13-18(26)21(17)20(19)15-8-6-7-9-16(15)24/h6-9,19-20H,5,10-13H2,1-4H3/t19?,20-/m0/s1. The van der Waals surface area contributed by atoms with Gasteiger partial charge in [0.05, 0.1) is 0 Å². The van der Waals surface area contributed by atoms with Crippen LogP contribution in [-0.2, 0) is 14.3 Å². The Morgan fingerprint density at radius 1 is 1.31 bits per heavy atom. The fourth-order valence-electron chi connectivity index (χ4n) is 4.25. The summed E-state index contributed by atoms with van der Waals surface area (Å²) in [5.74, 6) is -0.756. The molecule has 0 fully saturated rings. The molecule has 1 aromatic carbocycles. The van der Waals surface area contributed by atoms with E-state index in [4.69, 9.17) is 4.74 Å². The number of nitrogens with zero attached hydrogens (tertiary/aromatic N) is 1. The van der Waals surface area contributed by atoms with Crippen molar-refractivity contribution >= 4 is 29.2 Å². The zero-order valence-electron chi connectivity index (χ0n) is 17.5. The molecule has 1 aliphatic carbocycles. The average Bonchev–Trinajstić information content (AvgIpc) is 2.63. The van der Waals surface area contributed by atoms with Gasteiger partial charge in [-0.1, -0.05) is 39.0 Å². The summed E-state index contributed by atoms with van der Waals surface area (Å²) in [6.07, 6.45) is 0.992. The fourth-order valence-corrected chi connectivity index (χ4v) is 4.74. The van der Waals surface area contributed by atoms with Crippen molar-refractivity contribution in [2.75, 3.05) is 18.1 Å². The van der Waals surface area contributed by atoms with E-state index in [0.717, 1.165) is 5.75 Å². The van der Waals surface area contributed by atoms with E-state index in [2.05, 4.69) is 4.99 Å². The maximum Gasteiger partial charge on any atom is 0.315 e. The predicted molar refractivity (Wildman–Crippen MR) is 115 cm³/mol. The highest BCUT2D eigenvalue weighted by molar-refractivity contribution is 7.99. The number of Topliss-reactive ketones (excluding diaryl/α,β-unsaturated/α-hetero) is 1. The normalized spacial score (nSPS) is 23.5. The molecule has 1 aliphatic heterocycles. The lowest BCUT2D eigenvalue weighted by Crippen LogP contribution is -2.40. The zero-order valence-corrected chi connectivity index (χ0v) is 18.3. The number of carbonyl (C=O) groups is 2. The smallest absolute Gasteiger partial charge is 0.315 e. The maximum atomic E-state index is 14.8. The van der Waals surface area contributed by atoms with Gasteiger partial charge in [0, 0.05) is 35.1 Å². The predicted octanol–water partition coefficient (Wildman–Crippen LogP) is 4.94. The van der Waals surface area contributed by atoms with Crippen molar-refractivity contribution in [3.8, 4) is 0 Å². The molecular formula is C23H28FNO3S. The van der Waals surface area contributed by atoms with Crippen molar-refractivity contribution in [1.29, 1.82) is 0 Å². The van der Waals surface area contributed by atoms with Crippen molar-refractivity contribution in [2.24, 2.45) is 16.3 Å². The van der Waals surface area contributed by atoms with E-state index in [1.165, 1.54) is 6.07 Å². The van der Waals surface area contributed by atoms with Crippen LogP contribution in [0.3, 0.4) is 0 Å². The molecule has 1 heterocycles. The summed E-state index contributed by atoms with van der Waals surface area (Å²) >= 11 is 1.68. The molecule has 2 atom stereocenters. The second-order valence-corrected chi connectivity index (χ2v) is 9.79. The Bertz CT molecular complexity index is 875. The lowest BCUT2D eigenvalue weighted by Gasteiger charge is -2.39. The van der Waals surface area contributed by atoms with E-state index in [-0.39, 0.29) is 17.8 Å². The molecule has 2 aliphatic rings. The van der Waals surface area contributed by atoms with Crippen molar-refractivity contribution < 1.29 is 18.7 Å². The highest BCUT2D eigenvalue weighted by Gasteiger charge is 2.46. The summed E-state index contributed by atoms with van der Waals surface area (Å²) in [7, 11) is 0. The Morgan fingerprint density at radius 3 is 2.72 bits per heavy atom. The molecule has 29 heavy (non-hydrogen) atoms. The van der Waals surface area contributed by atoms with Crippen LogP contribution in [0.15, 0.2) is 40.5 Å². The lowest BCUT2D eigenvalue weighted by atomic mass is 9.67. The van der Waals surface area contributed by atoms with Crippen molar-refractivity contribution in [1.82, 2.24) is 0 Å². The minimum atomic E-state index is -0.789. The molecule has 4 nitrogen and oxygen atoms in total. The molecule has 1 aromatic rings. The van der Waals surface area contributed by atoms with Crippen LogP contribution in [0.25, 0.3) is 0 Å². The Labute approximate surface area is 176 Å². The third-order valence-electron chi connectivity index (χ3n) is 5.47. The first-order valence-corrected chi connectivity index (χ1v) is 11.2. The lowest BCUT2D eigenvalue weighted by molar-refractivity contribution is -0.145. The van der Waals surface area contributed by atoms with Gasteiger partial charge in [0.2, 0.25) is 0 Å². The number of ketones is 1. The number of esters is 1. The molecule has 6 heteroatoms. The fraction of sp³-hybridized carbons (Fsp3) is 0.522. The van der Waals surface area contributed by atoms with Gasteiger partial charge in [-0.05, 0) is 36.1 Å². The third-order valence-corrected chi connectivity index (χ3v) is 6.34. The van der Waals surface area contributed by atoms with Gasteiger partial charge >= 0.3 is 5.97 Å². The van der Waals surface area contributed by atoms with Gasteiger partial charge in [0.25, 0.3) is 0 Å². The number of aliphatic imine (C=N–C) groups is 1. The minimum Gasteiger partial charge on any atom is -0.464 e. The Morgan fingerprint density at radius 2 is 2.03 bits per heavy atom. The Kier molecular flexibility index (Phi) is 6.62. The zero-order chi connectivity index (χ0) is 21.2. The molecule has 3 rings (SSSR count). The number of rotatable bonds is 6. The van der Waals surface area contributed by atoms with Gasteiger partial charge in [-0.25, -0.2) is 4.39 Å². The number of halogens is 1. The minimum absolute atomic E-state index is 0.0555. The monoisotopic (exact) mass is 417 g/mol. The molecule has 0 N–H and O–H groups in total. The highest BCUT2D eigenvalue weighted by Crippen LogP contribution is 2.48. The molecule has 0 amide bonds. The molecule has 0 spiro atoms. The van der Waals surface area contributed by atoms with E-state index in [1.807, 2.05) is 20.8 Å². The number of benzene rings is 1. The number of hydrogen-bond donors (Lipinski definition) is 0. The second-order valence-electron chi connectivity index (χ2n) is 8.40. The number of hydrogen-bond acceptors (Lipinski definition) is 5. The highest BCUT2D eigenvalue weighted by atomic mass is 32.2. The average molecular weight is 418 g/mol. The van der Waals surface area contributed by atoms with E-state index >= 15 is 0 Å². The summed E-state index contributed by atoms with van der Waals surface area (Å²) in [5.41, 5.74) is 1.89. The molecular weight excluding hydrogens is 389 g/mol. The van der Waals surface area contributed by atoms with Gasteiger partial charge in [0.1, 0.15) is 18.3 Å². The molecule has 0 radical (unpaired) electrons. The first-order chi connectivity index (χ1) is 13.7. The largest absolute Gasteiger partial charge is 0.464 e. The Hall–Kier alpha value is -1.95. The van der Waals surface area contributed by atoms with E-state index in [1.54, 1.807) is 36.9 Å². The van der Waals surface area contributed by atoms with Crippen molar-refractivity contribution in [2.45, 2.75) is 46.5 Å². The van der Waals surface area contributed by atoms with Crippen LogP contribution in [0, 0.1) is 17.2 Å². The van der Waals surface area contributed by atoms with Gasteiger partial charge in [-0.15, -0.1) is 0 Å². The van der Waals surface area contributed by atoms with Crippen LogP contribution >= 0.6 is 11.8 Å². The first-order valence-electron chi connectivity index (χ1n) is 10.1. The summed E-state index contributed by atoms with van der Waals surface area (Å²) in [6.45, 7) is 8.17. The summed E-state index contributed by atoms with van der Waals surface area (Å²) in [4.78, 5) is 30.8. The number of ether oxygens (including phenoxy) is 1. The molecule has 0 bridgehead atoms. The van der Waals surface area contributed by atoms with E-state index in [0.29, 0.717) is 41.1 Å². The van der Waals surface area contributed by atoms with Crippen molar-refractivity contribution in [3.63, 3.8) is 0 Å². The van der Waals surface area contributed by atoms with Crippen LogP contribution in [0.5, 0.6) is 0 Å². The van der Waals surface area contributed by atoms with Crippen LogP contribution in [0.4, 0.5) is 4.39 Å². The number of thioether (sulfide) groups is 1. The maximum absolute atomic E-state index is 14.8. The summed E-state index contributed by atoms with van der Waals surface area (Å²) < 4.78 is 20.3. The van der Waals surface area contributed by atoms with E-state index in [9.17, 15) is 14.0 Å². The molecule has 0 aromatic heterocycles. The second kappa shape index (κ2) is 8.82. The summed E-state index contributed by atoms with van der Waals surface area (Å²) in [5, 5.41) is 0. The molecule has 1 unspecified atom stereocenters. The molecule has 156 valence electrons. The van der Waals surface area contributed by atoms with E-state index < -0.39 is 23.6 Å². The van der Waals surface area contributed by atoms with Gasteiger partial charge < -0.3 is 4.74 Å². The van der Waals surface area contributed by atoms with Gasteiger partial charge in [-0.3, -0.25) is 14.6 Å². The summed E-state index contributed by atoms with van der Waals surface area (Å²) in [6, 6.07) is 6.37. The van der Waals surface area contributed by atoms with Gasteiger partial charge in [-0.2, -0.15) is 11.8 Å². The topological polar surface area (TPSA) is 55.7 Å². The number of carbonyl (C=O) groups excluding carboxylic acids is 2. The number of allylic oxidation sites excluding steroid dienone is 2. The van der Waals surface area contributed by atoms with Crippen LogP contribution in [0.2, 0.25) is 0 Å². The molecule has 0 saturated heterocycles. The SMILES string of the molecule is CCSCCOC(=O)C1C(C)=NC2=C(C(=O)CC(C)(C)C2)[C@H]1c1ccccc1F. The van der Waals surface area contributed by atoms with Crippen LogP contribution in [-0.4, -0.2) is 35.6 Å². The quantitative estimate of drug-likeness (QED) is 0.486. The first kappa shape index (κ1) is 21.8. The van der Waals surface area contributed by atoms with Crippen LogP contribution in [0.1, 0.15) is 52.0 Å².